The van der Waals surface area contributed by atoms with Crippen molar-refractivity contribution in [1.82, 2.24) is 0 Å². The van der Waals surface area contributed by atoms with Crippen LogP contribution in [0.3, 0.4) is 0 Å². The first-order valence-electron chi connectivity index (χ1n) is 4.55. The standard InChI is InChI=1S/C12H14BrN/c1-4-5-6-14-12-9(2)7-11(13)8-10(12)3/h7-8,14H,6H2,1-3H3. The van der Waals surface area contributed by atoms with Crippen LogP contribution < -0.4 is 5.32 Å². The molecule has 0 radical (unpaired) electrons. The molecule has 0 fully saturated rings. The van der Waals surface area contributed by atoms with E-state index < -0.39 is 0 Å². The molecule has 1 aromatic rings. The highest BCUT2D eigenvalue weighted by molar-refractivity contribution is 9.10. The minimum atomic E-state index is 0.708. The van der Waals surface area contributed by atoms with Gasteiger partial charge in [0.1, 0.15) is 0 Å². The van der Waals surface area contributed by atoms with Crippen LogP contribution in [0.4, 0.5) is 5.69 Å². The first-order valence-corrected chi connectivity index (χ1v) is 5.34. The second kappa shape index (κ2) is 5.07. The van der Waals surface area contributed by atoms with Gasteiger partial charge in [0.15, 0.2) is 0 Å². The van der Waals surface area contributed by atoms with E-state index in [9.17, 15) is 0 Å². The molecule has 2 heteroatoms. The Morgan fingerprint density at radius 3 is 2.36 bits per heavy atom. The Balaban J connectivity index is 2.89. The smallest absolute Gasteiger partial charge is 0.0766 e. The molecule has 14 heavy (non-hydrogen) atoms. The van der Waals surface area contributed by atoms with E-state index in [2.05, 4.69) is 59.1 Å². The topological polar surface area (TPSA) is 12.0 Å². The molecule has 0 unspecified atom stereocenters. The van der Waals surface area contributed by atoms with Crippen molar-refractivity contribution in [2.45, 2.75) is 20.8 Å². The highest BCUT2D eigenvalue weighted by Gasteiger charge is 2.02. The molecule has 0 atom stereocenters. The zero-order valence-electron chi connectivity index (χ0n) is 8.74. The number of anilines is 1. The van der Waals surface area contributed by atoms with Crippen molar-refractivity contribution < 1.29 is 0 Å². The van der Waals surface area contributed by atoms with Crippen LogP contribution in [0.2, 0.25) is 0 Å². The maximum absolute atomic E-state index is 3.47. The van der Waals surface area contributed by atoms with Crippen LogP contribution in [0.15, 0.2) is 16.6 Å². The maximum Gasteiger partial charge on any atom is 0.0766 e. The van der Waals surface area contributed by atoms with E-state index in [1.165, 1.54) is 16.8 Å². The lowest BCUT2D eigenvalue weighted by molar-refractivity contribution is 1.28. The molecule has 1 aromatic carbocycles. The fourth-order valence-electron chi connectivity index (χ4n) is 1.41. The second-order valence-electron chi connectivity index (χ2n) is 3.19. The molecule has 0 aliphatic rings. The Morgan fingerprint density at radius 2 is 1.86 bits per heavy atom. The van der Waals surface area contributed by atoms with Crippen LogP contribution >= 0.6 is 15.9 Å². The number of nitrogens with one attached hydrogen (secondary N) is 1. The van der Waals surface area contributed by atoms with Gasteiger partial charge in [-0.05, 0) is 44.0 Å². The van der Waals surface area contributed by atoms with Gasteiger partial charge >= 0.3 is 0 Å². The summed E-state index contributed by atoms with van der Waals surface area (Å²) in [7, 11) is 0. The lowest BCUT2D eigenvalue weighted by Crippen LogP contribution is -2.02. The molecule has 0 aliphatic carbocycles. The van der Waals surface area contributed by atoms with Crippen molar-refractivity contribution in [3.8, 4) is 11.8 Å². The van der Waals surface area contributed by atoms with Crippen LogP contribution in [-0.4, -0.2) is 6.54 Å². The van der Waals surface area contributed by atoms with Gasteiger partial charge in [-0.15, -0.1) is 5.92 Å². The monoisotopic (exact) mass is 251 g/mol. The molecule has 0 aliphatic heterocycles. The van der Waals surface area contributed by atoms with Crippen LogP contribution in [0, 0.1) is 25.7 Å². The summed E-state index contributed by atoms with van der Waals surface area (Å²) in [5, 5.41) is 3.31. The molecule has 0 heterocycles. The van der Waals surface area contributed by atoms with Crippen LogP contribution in [0.25, 0.3) is 0 Å². The number of benzene rings is 1. The molecule has 0 aromatic heterocycles. The molecule has 1 nitrogen and oxygen atoms in total. The van der Waals surface area contributed by atoms with Crippen molar-refractivity contribution in [3.05, 3.63) is 27.7 Å². The lowest BCUT2D eigenvalue weighted by Gasteiger charge is -2.11. The highest BCUT2D eigenvalue weighted by atomic mass is 79.9. The third-order valence-corrected chi connectivity index (χ3v) is 2.49. The van der Waals surface area contributed by atoms with Crippen molar-refractivity contribution in [1.29, 1.82) is 0 Å². The summed E-state index contributed by atoms with van der Waals surface area (Å²) in [6, 6.07) is 4.21. The summed E-state index contributed by atoms with van der Waals surface area (Å²) in [6.45, 7) is 6.75. The average molecular weight is 252 g/mol. The summed E-state index contributed by atoms with van der Waals surface area (Å²) in [4.78, 5) is 0. The number of hydrogen-bond acceptors (Lipinski definition) is 1. The largest absolute Gasteiger partial charge is 0.374 e. The first kappa shape index (κ1) is 11.1. The van der Waals surface area contributed by atoms with Crippen molar-refractivity contribution in [2.75, 3.05) is 11.9 Å². The van der Waals surface area contributed by atoms with Crippen LogP contribution in [0.1, 0.15) is 18.1 Å². The van der Waals surface area contributed by atoms with Gasteiger partial charge in [-0.3, -0.25) is 0 Å². The normalized spacial score (nSPS) is 9.14. The first-order chi connectivity index (χ1) is 6.65. The third kappa shape index (κ3) is 2.78. The van der Waals surface area contributed by atoms with E-state index in [0.29, 0.717) is 6.54 Å². The Labute approximate surface area is 94.0 Å². The van der Waals surface area contributed by atoms with Gasteiger partial charge in [0, 0.05) is 10.2 Å². The average Bonchev–Trinajstić information content (AvgIpc) is 2.09. The minimum Gasteiger partial charge on any atom is -0.374 e. The second-order valence-corrected chi connectivity index (χ2v) is 4.11. The van der Waals surface area contributed by atoms with E-state index in [1.54, 1.807) is 0 Å². The van der Waals surface area contributed by atoms with Crippen molar-refractivity contribution >= 4 is 21.6 Å². The molecule has 0 spiro atoms. The van der Waals surface area contributed by atoms with E-state index in [1.807, 2.05) is 6.92 Å². The van der Waals surface area contributed by atoms with E-state index in [4.69, 9.17) is 0 Å². The summed E-state index contributed by atoms with van der Waals surface area (Å²) in [5.41, 5.74) is 3.68. The Hall–Kier alpha value is -0.940. The molecule has 0 amide bonds. The molecular weight excluding hydrogens is 238 g/mol. The van der Waals surface area contributed by atoms with E-state index in [-0.39, 0.29) is 0 Å². The fraction of sp³-hybridized carbons (Fsp3) is 0.333. The fourth-order valence-corrected chi connectivity index (χ4v) is 2.10. The highest BCUT2D eigenvalue weighted by Crippen LogP contribution is 2.24. The Bertz CT molecular complexity index is 362. The Morgan fingerprint density at radius 1 is 1.29 bits per heavy atom. The minimum absolute atomic E-state index is 0.708. The maximum atomic E-state index is 3.47. The van der Waals surface area contributed by atoms with Crippen molar-refractivity contribution in [2.24, 2.45) is 0 Å². The number of rotatable bonds is 2. The van der Waals surface area contributed by atoms with Gasteiger partial charge in [-0.2, -0.15) is 0 Å². The molecule has 74 valence electrons. The number of aryl methyl sites for hydroxylation is 2. The zero-order valence-corrected chi connectivity index (χ0v) is 10.3. The predicted octanol–water partition coefficient (Wildman–Crippen LogP) is 3.50. The molecule has 0 saturated carbocycles. The van der Waals surface area contributed by atoms with Gasteiger partial charge < -0.3 is 5.32 Å². The van der Waals surface area contributed by atoms with Crippen molar-refractivity contribution in [3.63, 3.8) is 0 Å². The molecule has 1 N–H and O–H groups in total. The SMILES string of the molecule is CC#CCNc1c(C)cc(Br)cc1C. The van der Waals surface area contributed by atoms with Crippen LogP contribution in [-0.2, 0) is 0 Å². The molecule has 0 bridgehead atoms. The predicted molar refractivity (Wildman–Crippen MR) is 65.6 cm³/mol. The van der Waals surface area contributed by atoms with Gasteiger partial charge in [0.05, 0.1) is 6.54 Å². The molecular formula is C12H14BrN. The molecule has 0 saturated heterocycles. The van der Waals surface area contributed by atoms with E-state index >= 15 is 0 Å². The summed E-state index contributed by atoms with van der Waals surface area (Å²) < 4.78 is 1.12. The van der Waals surface area contributed by atoms with Crippen LogP contribution in [0.5, 0.6) is 0 Å². The number of hydrogen-bond donors (Lipinski definition) is 1. The third-order valence-electron chi connectivity index (χ3n) is 2.03. The summed E-state index contributed by atoms with van der Waals surface area (Å²) >= 11 is 3.47. The van der Waals surface area contributed by atoms with Gasteiger partial charge in [0.2, 0.25) is 0 Å². The van der Waals surface area contributed by atoms with Gasteiger partial charge in [-0.1, -0.05) is 21.9 Å². The number of halogens is 1. The van der Waals surface area contributed by atoms with Gasteiger partial charge in [0.25, 0.3) is 0 Å². The lowest BCUT2D eigenvalue weighted by atomic mass is 10.1. The molecule has 1 rings (SSSR count). The summed E-state index contributed by atoms with van der Waals surface area (Å²) in [6.07, 6.45) is 0. The Kier molecular flexibility index (Phi) is 4.03. The zero-order chi connectivity index (χ0) is 10.6. The van der Waals surface area contributed by atoms with E-state index in [0.717, 1.165) is 4.47 Å². The summed E-state index contributed by atoms with van der Waals surface area (Å²) in [5.74, 6) is 5.86. The quantitative estimate of drug-likeness (QED) is 0.794. The van der Waals surface area contributed by atoms with Gasteiger partial charge in [-0.25, -0.2) is 0 Å².